The highest BCUT2D eigenvalue weighted by atomic mass is 35.5. The Hall–Kier alpha value is -2.51. The first-order valence-corrected chi connectivity index (χ1v) is 8.71. The van der Waals surface area contributed by atoms with Crippen LogP contribution in [0, 0.1) is 11.3 Å². The minimum absolute atomic E-state index is 0.0861. The highest BCUT2D eigenvalue weighted by Gasteiger charge is 2.45. The molecular weight excluding hydrogens is 336 g/mol. The highest BCUT2D eigenvalue weighted by molar-refractivity contribution is 6.30. The smallest absolute Gasteiger partial charge is 0.235 e. The molecular formula is C20H19ClN2O2. The Balaban J connectivity index is 1.92. The average Bonchev–Trinajstić information content (AvgIpc) is 2.55. The lowest BCUT2D eigenvalue weighted by atomic mass is 9.64. The number of carbonyl (C=O) groups excluding carboxylic acids is 1. The van der Waals surface area contributed by atoms with Gasteiger partial charge in [-0.15, -0.1) is 0 Å². The third kappa shape index (κ3) is 3.33. The summed E-state index contributed by atoms with van der Waals surface area (Å²) in [6.45, 7) is 2.36. The number of carbonyl (C=O) groups is 1. The normalized spacial score (nSPS) is 14.9. The Morgan fingerprint density at radius 2 is 2.12 bits per heavy atom. The molecule has 25 heavy (non-hydrogen) atoms. The van der Waals surface area contributed by atoms with Gasteiger partial charge >= 0.3 is 0 Å². The number of nitrogens with zero attached hydrogens (tertiary/aromatic N) is 1. The van der Waals surface area contributed by atoms with Crippen LogP contribution in [-0.4, -0.2) is 12.5 Å². The molecule has 0 spiro atoms. The quantitative estimate of drug-likeness (QED) is 0.848. The van der Waals surface area contributed by atoms with Crippen molar-refractivity contribution in [2.24, 2.45) is 0 Å². The minimum Gasteiger partial charge on any atom is -0.492 e. The molecule has 0 aliphatic heterocycles. The second-order valence-corrected chi connectivity index (χ2v) is 6.59. The van der Waals surface area contributed by atoms with Crippen molar-refractivity contribution >= 4 is 23.2 Å². The van der Waals surface area contributed by atoms with E-state index in [1.807, 2.05) is 25.1 Å². The van der Waals surface area contributed by atoms with Crippen LogP contribution in [0.4, 0.5) is 5.69 Å². The van der Waals surface area contributed by atoms with Crippen molar-refractivity contribution in [3.05, 3.63) is 58.6 Å². The second-order valence-electron chi connectivity index (χ2n) is 6.16. The zero-order chi connectivity index (χ0) is 17.9. The van der Waals surface area contributed by atoms with E-state index < -0.39 is 5.41 Å². The van der Waals surface area contributed by atoms with Gasteiger partial charge in [-0.1, -0.05) is 30.2 Å². The van der Waals surface area contributed by atoms with Gasteiger partial charge in [0, 0.05) is 5.02 Å². The lowest BCUT2D eigenvalue weighted by molar-refractivity contribution is -0.124. The predicted molar refractivity (Wildman–Crippen MR) is 97.9 cm³/mol. The zero-order valence-electron chi connectivity index (χ0n) is 14.0. The van der Waals surface area contributed by atoms with Gasteiger partial charge in [-0.25, -0.2) is 0 Å². The van der Waals surface area contributed by atoms with E-state index in [0.29, 0.717) is 28.6 Å². The number of benzene rings is 2. The Morgan fingerprint density at radius 1 is 1.32 bits per heavy atom. The van der Waals surface area contributed by atoms with E-state index in [2.05, 4.69) is 11.4 Å². The molecule has 3 rings (SSSR count). The van der Waals surface area contributed by atoms with Gasteiger partial charge in [0.2, 0.25) is 5.91 Å². The first-order valence-electron chi connectivity index (χ1n) is 8.33. The Bertz CT molecular complexity index is 838. The molecule has 0 bridgehead atoms. The zero-order valence-corrected chi connectivity index (χ0v) is 14.8. The summed E-state index contributed by atoms with van der Waals surface area (Å²) in [5.74, 6) is 0.479. The number of nitriles is 1. The van der Waals surface area contributed by atoms with E-state index in [1.165, 1.54) is 0 Å². The number of rotatable bonds is 5. The first kappa shape index (κ1) is 17.3. The molecule has 5 heteroatoms. The molecule has 1 fully saturated rings. The van der Waals surface area contributed by atoms with Crippen LogP contribution in [-0.2, 0) is 10.2 Å². The molecule has 1 saturated carbocycles. The Labute approximate surface area is 152 Å². The number of ether oxygens (including phenoxy) is 1. The van der Waals surface area contributed by atoms with Gasteiger partial charge in [0.15, 0.2) is 0 Å². The van der Waals surface area contributed by atoms with E-state index in [9.17, 15) is 4.79 Å². The number of hydrogen-bond donors (Lipinski definition) is 1. The van der Waals surface area contributed by atoms with Crippen LogP contribution in [0.15, 0.2) is 42.5 Å². The Kier molecular flexibility index (Phi) is 4.96. The summed E-state index contributed by atoms with van der Waals surface area (Å²) < 4.78 is 5.58. The van der Waals surface area contributed by atoms with Gasteiger partial charge in [-0.2, -0.15) is 5.26 Å². The Morgan fingerprint density at radius 3 is 2.72 bits per heavy atom. The molecule has 0 aromatic heterocycles. The molecule has 0 atom stereocenters. The summed E-state index contributed by atoms with van der Waals surface area (Å²) in [6, 6.07) is 14.6. The molecule has 1 aliphatic rings. The second kappa shape index (κ2) is 7.16. The highest BCUT2D eigenvalue weighted by Crippen LogP contribution is 2.45. The fourth-order valence-corrected chi connectivity index (χ4v) is 3.37. The van der Waals surface area contributed by atoms with E-state index in [0.717, 1.165) is 24.8 Å². The molecule has 0 heterocycles. The molecule has 128 valence electrons. The van der Waals surface area contributed by atoms with Crippen molar-refractivity contribution in [3.63, 3.8) is 0 Å². The van der Waals surface area contributed by atoms with Gasteiger partial charge in [-0.3, -0.25) is 4.79 Å². The number of nitrogens with one attached hydrogen (secondary N) is 1. The average molecular weight is 355 g/mol. The summed E-state index contributed by atoms with van der Waals surface area (Å²) in [7, 11) is 0. The molecule has 0 unspecified atom stereocenters. The summed E-state index contributed by atoms with van der Waals surface area (Å²) in [4.78, 5) is 13.1. The van der Waals surface area contributed by atoms with Crippen LogP contribution >= 0.6 is 11.6 Å². The number of amides is 1. The maximum absolute atomic E-state index is 13.1. The maximum atomic E-state index is 13.1. The first-order chi connectivity index (χ1) is 12.1. The molecule has 1 N–H and O–H groups in total. The van der Waals surface area contributed by atoms with Gasteiger partial charge < -0.3 is 10.1 Å². The van der Waals surface area contributed by atoms with Crippen LogP contribution in [0.3, 0.4) is 0 Å². The number of anilines is 1. The topological polar surface area (TPSA) is 62.1 Å². The molecule has 0 saturated heterocycles. The SMILES string of the molecule is CCOc1ccc(C#N)cc1NC(=O)C1(c2cccc(Cl)c2)CCC1. The van der Waals surface area contributed by atoms with Crippen molar-refractivity contribution in [2.45, 2.75) is 31.6 Å². The van der Waals surface area contributed by atoms with Crippen LogP contribution in [0.5, 0.6) is 5.75 Å². The van der Waals surface area contributed by atoms with E-state index >= 15 is 0 Å². The van der Waals surface area contributed by atoms with Gasteiger partial charge in [-0.05, 0) is 55.7 Å². The number of hydrogen-bond acceptors (Lipinski definition) is 3. The third-order valence-electron chi connectivity index (χ3n) is 4.68. The fourth-order valence-electron chi connectivity index (χ4n) is 3.18. The molecule has 1 aliphatic carbocycles. The van der Waals surface area contributed by atoms with Gasteiger partial charge in [0.05, 0.1) is 29.3 Å². The fraction of sp³-hybridized carbons (Fsp3) is 0.300. The summed E-state index contributed by atoms with van der Waals surface area (Å²) in [5.41, 5.74) is 1.36. The molecule has 4 nitrogen and oxygen atoms in total. The third-order valence-corrected chi connectivity index (χ3v) is 4.91. The summed E-state index contributed by atoms with van der Waals surface area (Å²) in [5, 5.41) is 12.7. The lowest BCUT2D eigenvalue weighted by Crippen LogP contribution is -2.46. The van der Waals surface area contributed by atoms with Crippen molar-refractivity contribution in [1.82, 2.24) is 0 Å². The van der Waals surface area contributed by atoms with Gasteiger partial charge in [0.25, 0.3) is 0 Å². The van der Waals surface area contributed by atoms with Crippen molar-refractivity contribution < 1.29 is 9.53 Å². The molecule has 1 amide bonds. The molecule has 0 radical (unpaired) electrons. The van der Waals surface area contributed by atoms with Gasteiger partial charge in [0.1, 0.15) is 5.75 Å². The summed E-state index contributed by atoms with van der Waals surface area (Å²) in [6.07, 6.45) is 2.55. The van der Waals surface area contributed by atoms with Crippen molar-refractivity contribution in [2.75, 3.05) is 11.9 Å². The number of halogens is 1. The standard InChI is InChI=1S/C20H19ClN2O2/c1-2-25-18-8-7-14(13-22)11-17(18)23-19(24)20(9-4-10-20)15-5-3-6-16(21)12-15/h3,5-8,11-12H,2,4,9-10H2,1H3,(H,23,24). The lowest BCUT2D eigenvalue weighted by Gasteiger charge is -2.40. The maximum Gasteiger partial charge on any atom is 0.235 e. The summed E-state index contributed by atoms with van der Waals surface area (Å²) >= 11 is 6.12. The van der Waals surface area contributed by atoms with Crippen LogP contribution in [0.1, 0.15) is 37.3 Å². The largest absolute Gasteiger partial charge is 0.492 e. The predicted octanol–water partition coefficient (Wildman–Crippen LogP) is 4.67. The van der Waals surface area contributed by atoms with Crippen LogP contribution in [0.2, 0.25) is 5.02 Å². The monoisotopic (exact) mass is 354 g/mol. The van der Waals surface area contributed by atoms with Crippen LogP contribution in [0.25, 0.3) is 0 Å². The van der Waals surface area contributed by atoms with E-state index in [-0.39, 0.29) is 5.91 Å². The van der Waals surface area contributed by atoms with E-state index in [4.69, 9.17) is 21.6 Å². The minimum atomic E-state index is -0.572. The molecule has 2 aromatic carbocycles. The molecule has 2 aromatic rings. The van der Waals surface area contributed by atoms with E-state index in [1.54, 1.807) is 24.3 Å². The van der Waals surface area contributed by atoms with Crippen LogP contribution < -0.4 is 10.1 Å². The van der Waals surface area contributed by atoms with Crippen molar-refractivity contribution in [1.29, 1.82) is 5.26 Å². The van der Waals surface area contributed by atoms with Crippen molar-refractivity contribution in [3.8, 4) is 11.8 Å².